The van der Waals surface area contributed by atoms with Crippen LogP contribution in [-0.4, -0.2) is 43.3 Å². The number of likely N-dealkylation sites (N-methyl/N-ethyl adjacent to an activating group) is 1. The summed E-state index contributed by atoms with van der Waals surface area (Å²) in [6.45, 7) is 9.55. The van der Waals surface area contributed by atoms with Crippen molar-refractivity contribution in [3.05, 3.63) is 40.5 Å². The number of methoxy groups -OCH3 is 1. The van der Waals surface area contributed by atoms with Crippen molar-refractivity contribution in [1.82, 2.24) is 4.90 Å². The Hall–Kier alpha value is -2.47. The molecule has 1 aromatic rings. The first-order valence-corrected chi connectivity index (χ1v) is 11.0. The zero-order chi connectivity index (χ0) is 22.5. The number of allylic oxidation sites excluding steroid dienone is 4. The number of rotatable bonds is 8. The average molecular weight is 429 g/mol. The van der Waals surface area contributed by atoms with Gasteiger partial charge in [0.25, 0.3) is 0 Å². The summed E-state index contributed by atoms with van der Waals surface area (Å²) < 4.78 is 17.2. The maximum Gasteiger partial charge on any atom is 0.231 e. The van der Waals surface area contributed by atoms with E-state index in [0.29, 0.717) is 12.2 Å². The molecule has 0 aliphatic carbocycles. The van der Waals surface area contributed by atoms with Crippen LogP contribution in [-0.2, 0) is 6.42 Å². The molecule has 1 N–H and O–H groups in total. The lowest BCUT2D eigenvalue weighted by molar-refractivity contribution is 0.170. The van der Waals surface area contributed by atoms with Crippen molar-refractivity contribution in [2.24, 2.45) is 11.1 Å². The molecule has 2 aliphatic rings. The molecule has 170 valence electrons. The second kappa shape index (κ2) is 10.2. The van der Waals surface area contributed by atoms with Crippen molar-refractivity contribution in [3.8, 4) is 17.2 Å². The Labute approximate surface area is 186 Å². The minimum Gasteiger partial charge on any atom is -0.492 e. The Morgan fingerprint density at radius 2 is 1.90 bits per heavy atom. The van der Waals surface area contributed by atoms with Crippen molar-refractivity contribution in [3.63, 3.8) is 0 Å². The molecule has 0 fully saturated rings. The summed E-state index contributed by atoms with van der Waals surface area (Å²) in [6.07, 6.45) is 7.71. The van der Waals surface area contributed by atoms with Gasteiger partial charge in [-0.05, 0) is 65.6 Å². The molecule has 0 saturated carbocycles. The van der Waals surface area contributed by atoms with Crippen molar-refractivity contribution in [2.75, 3.05) is 27.5 Å². The summed E-state index contributed by atoms with van der Waals surface area (Å²) >= 11 is 0. The highest BCUT2D eigenvalue weighted by Gasteiger charge is 2.35. The largest absolute Gasteiger partial charge is 0.492 e. The predicted octanol–water partition coefficient (Wildman–Crippen LogP) is 5.50. The van der Waals surface area contributed by atoms with Gasteiger partial charge in [-0.15, -0.1) is 0 Å². The van der Waals surface area contributed by atoms with E-state index in [1.165, 1.54) is 16.7 Å². The Bertz CT molecular complexity index is 860. The van der Waals surface area contributed by atoms with E-state index >= 15 is 0 Å². The van der Waals surface area contributed by atoms with E-state index in [9.17, 15) is 5.21 Å². The van der Waals surface area contributed by atoms with Crippen LogP contribution in [0, 0.1) is 5.92 Å². The zero-order valence-electron chi connectivity index (χ0n) is 19.7. The van der Waals surface area contributed by atoms with Crippen LogP contribution in [0.1, 0.15) is 64.1 Å². The number of nitrogens with zero attached hydrogens (tertiary/aromatic N) is 2. The minimum atomic E-state index is 0.0417. The smallest absolute Gasteiger partial charge is 0.231 e. The van der Waals surface area contributed by atoms with Crippen LogP contribution >= 0.6 is 0 Å². The number of fused-ring (bicyclic) bond motifs is 2. The van der Waals surface area contributed by atoms with Gasteiger partial charge in [-0.3, -0.25) is 4.90 Å². The molecule has 6 heteroatoms. The monoisotopic (exact) mass is 428 g/mol. The molecule has 1 atom stereocenters. The topological polar surface area (TPSA) is 63.5 Å². The van der Waals surface area contributed by atoms with E-state index in [4.69, 9.17) is 14.2 Å². The van der Waals surface area contributed by atoms with Gasteiger partial charge in [0.2, 0.25) is 12.5 Å². The number of oxime groups is 1. The second-order valence-corrected chi connectivity index (χ2v) is 8.99. The normalized spacial score (nSPS) is 18.0. The maximum atomic E-state index is 10.0. The predicted molar refractivity (Wildman–Crippen MR) is 124 cm³/mol. The molecule has 0 bridgehead atoms. The highest BCUT2D eigenvalue weighted by molar-refractivity contribution is 5.87. The summed E-state index contributed by atoms with van der Waals surface area (Å²) in [6, 6.07) is 2.12. The lowest BCUT2D eigenvalue weighted by Gasteiger charge is -2.36. The lowest BCUT2D eigenvalue weighted by Crippen LogP contribution is -2.35. The SMILES string of the molecule is COc1c2c(cc3c1[C@H](C/C(=N/O)C(CC=C(C)C)CC=C(C)C)N(C)CC3)OCO2. The van der Waals surface area contributed by atoms with Gasteiger partial charge in [-0.2, -0.15) is 0 Å². The molecule has 31 heavy (non-hydrogen) atoms. The second-order valence-electron chi connectivity index (χ2n) is 8.99. The molecule has 0 radical (unpaired) electrons. The third-order valence-electron chi connectivity index (χ3n) is 6.17. The van der Waals surface area contributed by atoms with Crippen molar-refractivity contribution >= 4 is 5.71 Å². The minimum absolute atomic E-state index is 0.0417. The van der Waals surface area contributed by atoms with E-state index in [1.54, 1.807) is 7.11 Å². The maximum absolute atomic E-state index is 10.0. The molecule has 2 aliphatic heterocycles. The van der Waals surface area contributed by atoms with Crippen LogP contribution in [0.4, 0.5) is 0 Å². The molecule has 2 heterocycles. The van der Waals surface area contributed by atoms with Crippen LogP contribution in [0.2, 0.25) is 0 Å². The summed E-state index contributed by atoms with van der Waals surface area (Å²) in [5.74, 6) is 2.31. The summed E-state index contributed by atoms with van der Waals surface area (Å²) in [5, 5.41) is 13.8. The third-order valence-corrected chi connectivity index (χ3v) is 6.17. The van der Waals surface area contributed by atoms with Crippen LogP contribution in [0.25, 0.3) is 0 Å². The quantitative estimate of drug-likeness (QED) is 0.256. The Kier molecular flexibility index (Phi) is 7.65. The number of benzene rings is 1. The van der Waals surface area contributed by atoms with E-state index in [-0.39, 0.29) is 18.8 Å². The van der Waals surface area contributed by atoms with Crippen LogP contribution in [0.5, 0.6) is 17.2 Å². The highest BCUT2D eigenvalue weighted by Crippen LogP contribution is 2.50. The molecule has 0 saturated heterocycles. The molecule has 0 amide bonds. The summed E-state index contributed by atoms with van der Waals surface area (Å²) in [5.41, 5.74) is 5.69. The van der Waals surface area contributed by atoms with Crippen LogP contribution in [0.3, 0.4) is 0 Å². The molecular formula is C25H36N2O4. The van der Waals surface area contributed by atoms with Crippen LogP contribution in [0.15, 0.2) is 34.5 Å². The number of ether oxygens (including phenoxy) is 3. The number of hydrogen-bond donors (Lipinski definition) is 1. The number of hydrogen-bond acceptors (Lipinski definition) is 6. The Morgan fingerprint density at radius 3 is 2.48 bits per heavy atom. The standard InChI is InChI=1S/C25H36N2O4/c1-16(2)7-9-18(10-8-17(3)4)20(26-28)14-21-23-19(11-12-27(21)5)13-22-24(25(23)29-6)31-15-30-22/h7-8,13,18,21,28H,9-12,14-15H2,1-6H3/b26-20-/t21-/m0/s1. The van der Waals surface area contributed by atoms with Crippen molar-refractivity contribution in [1.29, 1.82) is 0 Å². The fourth-order valence-corrected chi connectivity index (χ4v) is 4.39. The van der Waals surface area contributed by atoms with E-state index < -0.39 is 0 Å². The lowest BCUT2D eigenvalue weighted by atomic mass is 9.84. The first-order chi connectivity index (χ1) is 14.8. The fourth-order valence-electron chi connectivity index (χ4n) is 4.39. The van der Waals surface area contributed by atoms with Gasteiger partial charge >= 0.3 is 0 Å². The highest BCUT2D eigenvalue weighted by atomic mass is 16.7. The van der Waals surface area contributed by atoms with Gasteiger partial charge < -0.3 is 19.4 Å². The zero-order valence-corrected chi connectivity index (χ0v) is 19.7. The van der Waals surface area contributed by atoms with Crippen molar-refractivity contribution < 1.29 is 19.4 Å². The van der Waals surface area contributed by atoms with Gasteiger partial charge in [0, 0.05) is 30.5 Å². The summed E-state index contributed by atoms with van der Waals surface area (Å²) in [7, 11) is 3.80. The molecule has 6 nitrogen and oxygen atoms in total. The molecule has 3 rings (SSSR count). The van der Waals surface area contributed by atoms with Gasteiger partial charge in [0.15, 0.2) is 11.5 Å². The molecule has 0 unspecified atom stereocenters. The Morgan fingerprint density at radius 1 is 1.23 bits per heavy atom. The van der Waals surface area contributed by atoms with Gasteiger partial charge in [-0.1, -0.05) is 28.5 Å². The van der Waals surface area contributed by atoms with Crippen molar-refractivity contribution in [2.45, 2.75) is 59.4 Å². The first-order valence-electron chi connectivity index (χ1n) is 11.0. The summed E-state index contributed by atoms with van der Waals surface area (Å²) in [4.78, 5) is 2.32. The van der Waals surface area contributed by atoms with Gasteiger partial charge in [0.05, 0.1) is 12.8 Å². The third kappa shape index (κ3) is 5.24. The Balaban J connectivity index is 1.96. The molecule has 0 aromatic heterocycles. The molecule has 1 aromatic carbocycles. The fraction of sp³-hybridized carbons (Fsp3) is 0.560. The van der Waals surface area contributed by atoms with E-state index in [0.717, 1.165) is 48.6 Å². The molecular weight excluding hydrogens is 392 g/mol. The van der Waals surface area contributed by atoms with Crippen LogP contribution < -0.4 is 14.2 Å². The first kappa shape index (κ1) is 23.2. The molecule has 0 spiro atoms. The van der Waals surface area contributed by atoms with Gasteiger partial charge in [0.1, 0.15) is 0 Å². The van der Waals surface area contributed by atoms with E-state index in [2.05, 4.69) is 63.0 Å². The average Bonchev–Trinajstić information content (AvgIpc) is 3.20. The van der Waals surface area contributed by atoms with E-state index in [1.807, 2.05) is 0 Å². The van der Waals surface area contributed by atoms with Gasteiger partial charge in [-0.25, -0.2) is 0 Å².